The molecule has 0 aliphatic heterocycles. The lowest BCUT2D eigenvalue weighted by molar-refractivity contribution is -0.119. The fraction of sp³-hybridized carbons (Fsp3) is 0.462. The molecular formula is C13H21N3O3. The number of hydrogen-bond donors (Lipinski definition) is 3. The molecule has 1 amide bonds. The molecule has 6 heteroatoms. The van der Waals surface area contributed by atoms with Crippen LogP contribution in [0.1, 0.15) is 19.4 Å². The molecule has 0 bridgehead atoms. The van der Waals surface area contributed by atoms with Gasteiger partial charge in [0.05, 0.1) is 6.61 Å². The summed E-state index contributed by atoms with van der Waals surface area (Å²) in [6.45, 7) is 5.09. The number of amides is 1. The first kappa shape index (κ1) is 15.3. The van der Waals surface area contributed by atoms with Crippen LogP contribution >= 0.6 is 0 Å². The maximum atomic E-state index is 10.9. The minimum absolute atomic E-state index is 0.0749. The third-order valence-corrected chi connectivity index (χ3v) is 2.28. The van der Waals surface area contributed by atoms with E-state index in [1.165, 1.54) is 6.92 Å². The van der Waals surface area contributed by atoms with Crippen molar-refractivity contribution in [3.63, 3.8) is 0 Å². The predicted molar refractivity (Wildman–Crippen MR) is 72.8 cm³/mol. The van der Waals surface area contributed by atoms with Gasteiger partial charge in [0.25, 0.3) is 0 Å². The first-order chi connectivity index (χ1) is 9.15. The average molecular weight is 267 g/mol. The Morgan fingerprint density at radius 1 is 1.26 bits per heavy atom. The summed E-state index contributed by atoms with van der Waals surface area (Å²) < 4.78 is 11.0. The minimum Gasteiger partial charge on any atom is -0.494 e. The Morgan fingerprint density at radius 2 is 1.95 bits per heavy atom. The van der Waals surface area contributed by atoms with Gasteiger partial charge in [0.2, 0.25) is 5.91 Å². The molecule has 0 aliphatic rings. The van der Waals surface area contributed by atoms with Gasteiger partial charge in [-0.15, -0.1) is 0 Å². The van der Waals surface area contributed by atoms with Gasteiger partial charge in [-0.2, -0.15) is 0 Å². The summed E-state index contributed by atoms with van der Waals surface area (Å²) in [5.41, 5.74) is 6.24. The molecule has 0 fully saturated rings. The number of benzene rings is 1. The van der Waals surface area contributed by atoms with Gasteiger partial charge >= 0.3 is 0 Å². The van der Waals surface area contributed by atoms with Gasteiger partial charge < -0.3 is 20.5 Å². The summed E-state index contributed by atoms with van der Waals surface area (Å²) in [5.74, 6) is 1.31. The van der Waals surface area contributed by atoms with Crippen molar-refractivity contribution in [3.05, 3.63) is 23.8 Å². The van der Waals surface area contributed by atoms with E-state index in [2.05, 4.69) is 10.6 Å². The average Bonchev–Trinajstić information content (AvgIpc) is 2.37. The van der Waals surface area contributed by atoms with Gasteiger partial charge in [0, 0.05) is 26.2 Å². The first-order valence-electron chi connectivity index (χ1n) is 6.20. The molecule has 0 spiro atoms. The third-order valence-electron chi connectivity index (χ3n) is 2.28. The molecule has 19 heavy (non-hydrogen) atoms. The van der Waals surface area contributed by atoms with E-state index in [4.69, 9.17) is 15.2 Å². The molecule has 0 unspecified atom stereocenters. The Hall–Kier alpha value is -1.79. The Bertz CT molecular complexity index is 410. The Kier molecular flexibility index (Phi) is 6.70. The molecule has 0 radical (unpaired) electrons. The van der Waals surface area contributed by atoms with Crippen LogP contribution in [0.3, 0.4) is 0 Å². The van der Waals surface area contributed by atoms with Crippen molar-refractivity contribution in [2.75, 3.05) is 20.0 Å². The van der Waals surface area contributed by atoms with Crippen molar-refractivity contribution in [3.8, 4) is 11.5 Å². The zero-order valence-electron chi connectivity index (χ0n) is 11.4. The van der Waals surface area contributed by atoms with Crippen LogP contribution < -0.4 is 25.8 Å². The molecule has 1 rings (SSSR count). The van der Waals surface area contributed by atoms with E-state index in [0.717, 1.165) is 5.56 Å². The Balaban J connectivity index is 2.74. The number of hydrogen-bond acceptors (Lipinski definition) is 5. The van der Waals surface area contributed by atoms with Crippen molar-refractivity contribution in [2.45, 2.75) is 20.4 Å². The van der Waals surface area contributed by atoms with Gasteiger partial charge in [-0.3, -0.25) is 10.1 Å². The van der Waals surface area contributed by atoms with Crippen LogP contribution in [-0.4, -0.2) is 25.9 Å². The summed E-state index contributed by atoms with van der Waals surface area (Å²) in [7, 11) is 0. The Morgan fingerprint density at radius 3 is 2.53 bits per heavy atom. The largest absolute Gasteiger partial charge is 0.494 e. The van der Waals surface area contributed by atoms with Crippen LogP contribution in [0.15, 0.2) is 18.2 Å². The molecule has 6 nitrogen and oxygen atoms in total. The fourth-order valence-corrected chi connectivity index (χ4v) is 1.49. The highest BCUT2D eigenvalue weighted by molar-refractivity contribution is 5.72. The standard InChI is InChI=1S/C13H21N3O3/c1-3-18-12-4-11(7-16-10(2)17)5-13(6-12)19-9-15-8-14/h4-6,15H,3,7-9,14H2,1-2H3,(H,16,17). The lowest BCUT2D eigenvalue weighted by Gasteiger charge is -2.12. The highest BCUT2D eigenvalue weighted by Crippen LogP contribution is 2.23. The third kappa shape index (κ3) is 6.08. The SMILES string of the molecule is CCOc1cc(CNC(C)=O)cc(OCNCN)c1. The van der Waals surface area contributed by atoms with Gasteiger partial charge in [0.1, 0.15) is 18.2 Å². The lowest BCUT2D eigenvalue weighted by Crippen LogP contribution is -2.26. The smallest absolute Gasteiger partial charge is 0.217 e. The first-order valence-corrected chi connectivity index (χ1v) is 6.20. The van der Waals surface area contributed by atoms with Crippen LogP contribution in [0.25, 0.3) is 0 Å². The number of carbonyl (C=O) groups excluding carboxylic acids is 1. The fourth-order valence-electron chi connectivity index (χ4n) is 1.49. The highest BCUT2D eigenvalue weighted by atomic mass is 16.5. The summed E-state index contributed by atoms with van der Waals surface area (Å²) in [4.78, 5) is 10.9. The van der Waals surface area contributed by atoms with E-state index >= 15 is 0 Å². The Labute approximate surface area is 113 Å². The number of nitrogens with two attached hydrogens (primary N) is 1. The molecule has 0 atom stereocenters. The van der Waals surface area contributed by atoms with Crippen molar-refractivity contribution < 1.29 is 14.3 Å². The second kappa shape index (κ2) is 8.34. The summed E-state index contributed by atoms with van der Waals surface area (Å²) in [5, 5.41) is 5.60. The molecule has 0 heterocycles. The summed E-state index contributed by atoms with van der Waals surface area (Å²) in [6.07, 6.45) is 0. The van der Waals surface area contributed by atoms with Crippen molar-refractivity contribution in [1.29, 1.82) is 0 Å². The van der Waals surface area contributed by atoms with Crippen LogP contribution in [0.4, 0.5) is 0 Å². The van der Waals surface area contributed by atoms with Gasteiger partial charge in [-0.25, -0.2) is 0 Å². The number of rotatable bonds is 8. The van der Waals surface area contributed by atoms with Crippen molar-refractivity contribution in [2.24, 2.45) is 5.73 Å². The van der Waals surface area contributed by atoms with E-state index in [0.29, 0.717) is 38.1 Å². The number of carbonyl (C=O) groups is 1. The quantitative estimate of drug-likeness (QED) is 0.473. The molecule has 0 saturated heterocycles. The zero-order chi connectivity index (χ0) is 14.1. The number of ether oxygens (including phenoxy) is 2. The number of nitrogens with one attached hydrogen (secondary N) is 2. The zero-order valence-corrected chi connectivity index (χ0v) is 11.4. The predicted octanol–water partition coefficient (Wildman–Crippen LogP) is 0.564. The second-order valence-electron chi connectivity index (χ2n) is 3.90. The summed E-state index contributed by atoms with van der Waals surface area (Å²) >= 11 is 0. The molecule has 0 saturated carbocycles. The van der Waals surface area contributed by atoms with Crippen molar-refractivity contribution >= 4 is 5.91 Å². The lowest BCUT2D eigenvalue weighted by atomic mass is 10.2. The molecule has 4 N–H and O–H groups in total. The van der Waals surface area contributed by atoms with E-state index < -0.39 is 0 Å². The molecular weight excluding hydrogens is 246 g/mol. The molecule has 106 valence electrons. The maximum absolute atomic E-state index is 10.9. The summed E-state index contributed by atoms with van der Waals surface area (Å²) in [6, 6.07) is 5.54. The van der Waals surface area contributed by atoms with Crippen LogP contribution in [-0.2, 0) is 11.3 Å². The van der Waals surface area contributed by atoms with Crippen molar-refractivity contribution in [1.82, 2.24) is 10.6 Å². The maximum Gasteiger partial charge on any atom is 0.217 e. The minimum atomic E-state index is -0.0749. The molecule has 0 aliphatic carbocycles. The highest BCUT2D eigenvalue weighted by Gasteiger charge is 2.04. The van der Waals surface area contributed by atoms with E-state index in [1.54, 1.807) is 6.07 Å². The van der Waals surface area contributed by atoms with Gasteiger partial charge in [0.15, 0.2) is 0 Å². The van der Waals surface area contributed by atoms with Gasteiger partial charge in [-0.05, 0) is 24.6 Å². The normalized spacial score (nSPS) is 10.1. The monoisotopic (exact) mass is 267 g/mol. The molecule has 0 aromatic heterocycles. The van der Waals surface area contributed by atoms with Crippen LogP contribution in [0.2, 0.25) is 0 Å². The molecule has 1 aromatic carbocycles. The van der Waals surface area contributed by atoms with Crippen LogP contribution in [0.5, 0.6) is 11.5 Å². The topological polar surface area (TPSA) is 85.6 Å². The van der Waals surface area contributed by atoms with E-state index in [-0.39, 0.29) is 5.91 Å². The van der Waals surface area contributed by atoms with E-state index in [9.17, 15) is 4.79 Å². The van der Waals surface area contributed by atoms with E-state index in [1.807, 2.05) is 19.1 Å². The second-order valence-corrected chi connectivity index (χ2v) is 3.90. The van der Waals surface area contributed by atoms with Crippen LogP contribution in [0, 0.1) is 0 Å². The van der Waals surface area contributed by atoms with Gasteiger partial charge in [-0.1, -0.05) is 0 Å². The molecule has 1 aromatic rings.